The molecular formula is C30H28N2O6. The van der Waals surface area contributed by atoms with E-state index in [1.807, 2.05) is 19.9 Å². The van der Waals surface area contributed by atoms with E-state index in [1.165, 1.54) is 12.0 Å². The largest absolute Gasteiger partial charge is 0.507 e. The van der Waals surface area contributed by atoms with E-state index in [0.717, 1.165) is 6.42 Å². The normalized spacial score (nSPS) is 16.3. The first-order valence-corrected chi connectivity index (χ1v) is 12.3. The molecule has 1 fully saturated rings. The first-order chi connectivity index (χ1) is 18.4. The van der Waals surface area contributed by atoms with Gasteiger partial charge in [-0.05, 0) is 67.4 Å². The molecule has 1 saturated heterocycles. The number of aliphatic hydroxyl groups is 1. The fourth-order valence-corrected chi connectivity index (χ4v) is 4.35. The molecule has 3 aromatic rings. The van der Waals surface area contributed by atoms with E-state index in [-0.39, 0.29) is 11.3 Å². The van der Waals surface area contributed by atoms with Crippen LogP contribution in [-0.2, 0) is 9.59 Å². The molecule has 1 N–H and O–H groups in total. The predicted molar refractivity (Wildman–Crippen MR) is 142 cm³/mol. The van der Waals surface area contributed by atoms with Crippen LogP contribution in [0.5, 0.6) is 17.2 Å². The second-order valence-corrected chi connectivity index (χ2v) is 8.55. The van der Waals surface area contributed by atoms with Crippen molar-refractivity contribution in [2.75, 3.05) is 25.2 Å². The van der Waals surface area contributed by atoms with E-state index in [0.29, 0.717) is 52.8 Å². The van der Waals surface area contributed by atoms with Crippen LogP contribution in [0.3, 0.4) is 0 Å². The number of carbonyl (C=O) groups is 2. The standard InChI is InChI=1S/C30H28N2O6/c1-4-15-38-23-8-6-7-21(16-23)28(33)26-27(20-11-14-24(36-3)25(17-20)37-5-2)32(30(35)29(26)34)22-12-9-19(18-31)10-13-22/h6-14,16-17,27,33H,4-5,15H2,1-3H3/b28-26-. The van der Waals surface area contributed by atoms with Crippen LogP contribution in [0.15, 0.2) is 72.3 Å². The minimum Gasteiger partial charge on any atom is -0.507 e. The van der Waals surface area contributed by atoms with Gasteiger partial charge in [-0.25, -0.2) is 0 Å². The molecule has 194 valence electrons. The maximum Gasteiger partial charge on any atom is 0.300 e. The lowest BCUT2D eigenvalue weighted by atomic mass is 9.94. The Hall–Kier alpha value is -4.77. The molecule has 4 rings (SSSR count). The van der Waals surface area contributed by atoms with Crippen LogP contribution in [0.2, 0.25) is 0 Å². The van der Waals surface area contributed by atoms with Crippen molar-refractivity contribution in [3.63, 3.8) is 0 Å². The van der Waals surface area contributed by atoms with Gasteiger partial charge in [0, 0.05) is 11.3 Å². The van der Waals surface area contributed by atoms with Crippen molar-refractivity contribution < 1.29 is 28.9 Å². The van der Waals surface area contributed by atoms with Crippen molar-refractivity contribution >= 4 is 23.1 Å². The van der Waals surface area contributed by atoms with Gasteiger partial charge in [-0.3, -0.25) is 14.5 Å². The number of hydrogen-bond donors (Lipinski definition) is 1. The van der Waals surface area contributed by atoms with Crippen molar-refractivity contribution in [1.29, 1.82) is 5.26 Å². The summed E-state index contributed by atoms with van der Waals surface area (Å²) in [5.74, 6) is -0.476. The van der Waals surface area contributed by atoms with Crippen LogP contribution in [0.1, 0.15) is 43.0 Å². The van der Waals surface area contributed by atoms with E-state index in [2.05, 4.69) is 0 Å². The average Bonchev–Trinajstić information content (AvgIpc) is 3.21. The van der Waals surface area contributed by atoms with Gasteiger partial charge in [0.15, 0.2) is 11.5 Å². The molecule has 1 aliphatic heterocycles. The molecule has 0 saturated carbocycles. The number of amides is 1. The van der Waals surface area contributed by atoms with Gasteiger partial charge < -0.3 is 19.3 Å². The van der Waals surface area contributed by atoms with Crippen LogP contribution in [0.4, 0.5) is 5.69 Å². The van der Waals surface area contributed by atoms with Crippen molar-refractivity contribution in [3.05, 3.63) is 89.0 Å². The summed E-state index contributed by atoms with van der Waals surface area (Å²) in [6, 6.07) is 19.3. The number of carbonyl (C=O) groups excluding carboxylic acids is 2. The summed E-state index contributed by atoms with van der Waals surface area (Å²) in [7, 11) is 1.52. The van der Waals surface area contributed by atoms with Crippen LogP contribution >= 0.6 is 0 Å². The Morgan fingerprint density at radius 3 is 2.42 bits per heavy atom. The number of methoxy groups -OCH3 is 1. The first kappa shape index (κ1) is 26.3. The number of nitrogens with zero attached hydrogens (tertiary/aromatic N) is 2. The Morgan fingerprint density at radius 2 is 1.76 bits per heavy atom. The van der Waals surface area contributed by atoms with Gasteiger partial charge in [0.25, 0.3) is 11.7 Å². The summed E-state index contributed by atoms with van der Waals surface area (Å²) in [6.07, 6.45) is 0.811. The summed E-state index contributed by atoms with van der Waals surface area (Å²) >= 11 is 0. The molecule has 8 heteroatoms. The molecule has 1 heterocycles. The Bertz CT molecular complexity index is 1420. The van der Waals surface area contributed by atoms with Crippen molar-refractivity contribution in [3.8, 4) is 23.3 Å². The Labute approximate surface area is 221 Å². The molecule has 0 bridgehead atoms. The smallest absolute Gasteiger partial charge is 0.300 e. The summed E-state index contributed by atoms with van der Waals surface area (Å²) in [6.45, 7) is 4.70. The number of aliphatic hydroxyl groups excluding tert-OH is 1. The average molecular weight is 513 g/mol. The molecule has 3 aromatic carbocycles. The van der Waals surface area contributed by atoms with Crippen molar-refractivity contribution in [2.24, 2.45) is 0 Å². The van der Waals surface area contributed by atoms with Crippen LogP contribution in [0, 0.1) is 11.3 Å². The lowest BCUT2D eigenvalue weighted by Gasteiger charge is -2.26. The zero-order chi connectivity index (χ0) is 27.2. The topological polar surface area (TPSA) is 109 Å². The third kappa shape index (κ3) is 5.04. The van der Waals surface area contributed by atoms with Crippen LogP contribution < -0.4 is 19.1 Å². The van der Waals surface area contributed by atoms with Gasteiger partial charge in [-0.15, -0.1) is 0 Å². The van der Waals surface area contributed by atoms with Gasteiger partial charge >= 0.3 is 0 Å². The SMILES string of the molecule is CCCOc1cccc(/C(O)=C2/C(=O)C(=O)N(c3ccc(C#N)cc3)C2c2ccc(OC)c(OCC)c2)c1. The highest BCUT2D eigenvalue weighted by Gasteiger charge is 2.47. The number of rotatable bonds is 9. The molecule has 1 amide bonds. The first-order valence-electron chi connectivity index (χ1n) is 12.3. The van der Waals surface area contributed by atoms with Crippen molar-refractivity contribution in [2.45, 2.75) is 26.3 Å². The number of ether oxygens (including phenoxy) is 3. The van der Waals surface area contributed by atoms with Gasteiger partial charge in [-0.1, -0.05) is 25.1 Å². The second kappa shape index (κ2) is 11.5. The van der Waals surface area contributed by atoms with Gasteiger partial charge in [0.2, 0.25) is 0 Å². The molecule has 0 aliphatic carbocycles. The van der Waals surface area contributed by atoms with Crippen LogP contribution in [0.25, 0.3) is 5.76 Å². The van der Waals surface area contributed by atoms with Crippen LogP contribution in [-0.4, -0.2) is 37.1 Å². The number of ketones is 1. The highest BCUT2D eigenvalue weighted by molar-refractivity contribution is 6.51. The molecule has 8 nitrogen and oxygen atoms in total. The molecule has 0 radical (unpaired) electrons. The second-order valence-electron chi connectivity index (χ2n) is 8.55. The maximum absolute atomic E-state index is 13.5. The quantitative estimate of drug-likeness (QED) is 0.233. The third-order valence-electron chi connectivity index (χ3n) is 6.10. The van der Waals surface area contributed by atoms with Gasteiger partial charge in [-0.2, -0.15) is 5.26 Å². The molecular weight excluding hydrogens is 484 g/mol. The molecule has 1 aliphatic rings. The number of Topliss-reactive ketones (excluding diaryl/α,β-unsaturated/α-hetero) is 1. The zero-order valence-electron chi connectivity index (χ0n) is 21.4. The summed E-state index contributed by atoms with van der Waals surface area (Å²) in [5, 5.41) is 20.6. The maximum atomic E-state index is 13.5. The number of nitriles is 1. The number of anilines is 1. The molecule has 0 spiro atoms. The molecule has 38 heavy (non-hydrogen) atoms. The summed E-state index contributed by atoms with van der Waals surface area (Å²) in [5.41, 5.74) is 1.63. The minimum absolute atomic E-state index is 0.0698. The highest BCUT2D eigenvalue weighted by Crippen LogP contribution is 2.44. The molecule has 0 aromatic heterocycles. The highest BCUT2D eigenvalue weighted by atomic mass is 16.5. The van der Waals surface area contributed by atoms with E-state index < -0.39 is 17.7 Å². The van der Waals surface area contributed by atoms with Gasteiger partial charge in [0.05, 0.1) is 43.6 Å². The molecule has 1 atom stereocenters. The predicted octanol–water partition coefficient (Wildman–Crippen LogP) is 5.38. The number of benzene rings is 3. The van der Waals surface area contributed by atoms with E-state index in [4.69, 9.17) is 14.2 Å². The number of hydrogen-bond acceptors (Lipinski definition) is 7. The van der Waals surface area contributed by atoms with E-state index >= 15 is 0 Å². The van der Waals surface area contributed by atoms with E-state index in [9.17, 15) is 20.0 Å². The summed E-state index contributed by atoms with van der Waals surface area (Å²) in [4.78, 5) is 28.2. The Kier molecular flexibility index (Phi) is 7.97. The Balaban J connectivity index is 1.92. The Morgan fingerprint density at radius 1 is 1.00 bits per heavy atom. The van der Waals surface area contributed by atoms with E-state index in [1.54, 1.807) is 66.7 Å². The van der Waals surface area contributed by atoms with Crippen molar-refractivity contribution in [1.82, 2.24) is 0 Å². The minimum atomic E-state index is -0.965. The lowest BCUT2D eigenvalue weighted by molar-refractivity contribution is -0.132. The fraction of sp³-hybridized carbons (Fsp3) is 0.233. The third-order valence-corrected chi connectivity index (χ3v) is 6.10. The lowest BCUT2D eigenvalue weighted by Crippen LogP contribution is -2.29. The monoisotopic (exact) mass is 512 g/mol. The zero-order valence-corrected chi connectivity index (χ0v) is 21.4. The summed E-state index contributed by atoms with van der Waals surface area (Å²) < 4.78 is 16.8. The molecule has 1 unspecified atom stereocenters. The fourth-order valence-electron chi connectivity index (χ4n) is 4.35. The van der Waals surface area contributed by atoms with Gasteiger partial charge in [0.1, 0.15) is 11.5 Å².